The fourth-order valence-electron chi connectivity index (χ4n) is 3.33. The van der Waals surface area contributed by atoms with Gasteiger partial charge < -0.3 is 10.6 Å². The van der Waals surface area contributed by atoms with Gasteiger partial charge in [0.25, 0.3) is 5.91 Å². The van der Waals surface area contributed by atoms with Crippen molar-refractivity contribution >= 4 is 11.6 Å². The molecule has 4 rings (SSSR count). The van der Waals surface area contributed by atoms with E-state index >= 15 is 0 Å². The summed E-state index contributed by atoms with van der Waals surface area (Å²) in [5.41, 5.74) is 4.76. The van der Waals surface area contributed by atoms with E-state index in [0.29, 0.717) is 5.92 Å². The van der Waals surface area contributed by atoms with Crippen molar-refractivity contribution < 1.29 is 4.79 Å². The molecule has 0 saturated carbocycles. The van der Waals surface area contributed by atoms with Crippen molar-refractivity contribution in [1.29, 1.82) is 0 Å². The molecule has 3 aromatic rings. The molecule has 0 aliphatic carbocycles. The van der Waals surface area contributed by atoms with E-state index in [1.165, 1.54) is 0 Å². The highest BCUT2D eigenvalue weighted by molar-refractivity contribution is 6.05. The van der Waals surface area contributed by atoms with Gasteiger partial charge in [-0.25, -0.2) is 0 Å². The van der Waals surface area contributed by atoms with Crippen LogP contribution >= 0.6 is 0 Å². The third-order valence-corrected chi connectivity index (χ3v) is 4.68. The van der Waals surface area contributed by atoms with Gasteiger partial charge in [-0.05, 0) is 48.2 Å². The standard InChI is InChI=1S/C20H20N4O/c25-20(19-4-2-1-3-18(19)15-9-10-21-11-15)24-17-7-5-14(6-8-17)16-12-22-23-13-16/h1-8,12-13,15,21H,9-11H2,(H,22,23)(H,24,25)/t15-/m0/s1. The number of carbonyl (C=O) groups is 1. The Hall–Kier alpha value is -2.92. The largest absolute Gasteiger partial charge is 0.322 e. The summed E-state index contributed by atoms with van der Waals surface area (Å²) in [6.07, 6.45) is 4.70. The van der Waals surface area contributed by atoms with E-state index in [9.17, 15) is 4.79 Å². The molecule has 3 N–H and O–H groups in total. The van der Waals surface area contributed by atoms with Crippen molar-refractivity contribution in [2.45, 2.75) is 12.3 Å². The Morgan fingerprint density at radius 1 is 1.08 bits per heavy atom. The third kappa shape index (κ3) is 3.32. The summed E-state index contributed by atoms with van der Waals surface area (Å²) in [6.45, 7) is 1.94. The van der Waals surface area contributed by atoms with Crippen LogP contribution in [0.2, 0.25) is 0 Å². The van der Waals surface area contributed by atoms with Crippen LogP contribution in [-0.4, -0.2) is 29.2 Å². The van der Waals surface area contributed by atoms with Gasteiger partial charge in [0.2, 0.25) is 0 Å². The third-order valence-electron chi connectivity index (χ3n) is 4.68. The van der Waals surface area contributed by atoms with Crippen LogP contribution in [0.1, 0.15) is 28.3 Å². The molecular weight excluding hydrogens is 312 g/mol. The maximum Gasteiger partial charge on any atom is 0.255 e. The minimum Gasteiger partial charge on any atom is -0.322 e. The minimum absolute atomic E-state index is 0.0569. The van der Waals surface area contributed by atoms with E-state index in [0.717, 1.165) is 47.5 Å². The van der Waals surface area contributed by atoms with Crippen LogP contribution in [0.15, 0.2) is 60.9 Å². The molecular formula is C20H20N4O. The molecule has 2 heterocycles. The first-order valence-corrected chi connectivity index (χ1v) is 8.51. The van der Waals surface area contributed by atoms with E-state index in [-0.39, 0.29) is 5.91 Å². The monoisotopic (exact) mass is 332 g/mol. The lowest BCUT2D eigenvalue weighted by Gasteiger charge is -2.14. The zero-order valence-electron chi connectivity index (χ0n) is 13.8. The predicted molar refractivity (Wildman–Crippen MR) is 98.6 cm³/mol. The topological polar surface area (TPSA) is 69.8 Å². The summed E-state index contributed by atoms with van der Waals surface area (Å²) >= 11 is 0. The van der Waals surface area contributed by atoms with Crippen molar-refractivity contribution in [2.24, 2.45) is 0 Å². The lowest BCUT2D eigenvalue weighted by molar-refractivity contribution is 0.102. The maximum atomic E-state index is 12.8. The lowest BCUT2D eigenvalue weighted by atomic mass is 9.93. The van der Waals surface area contributed by atoms with Crippen LogP contribution in [0.25, 0.3) is 11.1 Å². The molecule has 25 heavy (non-hydrogen) atoms. The Morgan fingerprint density at radius 3 is 2.64 bits per heavy atom. The van der Waals surface area contributed by atoms with Crippen LogP contribution in [0.5, 0.6) is 0 Å². The molecule has 1 aliphatic heterocycles. The molecule has 2 aromatic carbocycles. The van der Waals surface area contributed by atoms with Gasteiger partial charge in [-0.15, -0.1) is 0 Å². The van der Waals surface area contributed by atoms with Crippen LogP contribution < -0.4 is 10.6 Å². The Kier molecular flexibility index (Phi) is 4.31. The number of aromatic nitrogens is 2. The molecule has 0 spiro atoms. The smallest absolute Gasteiger partial charge is 0.255 e. The van der Waals surface area contributed by atoms with Gasteiger partial charge in [0.1, 0.15) is 0 Å². The van der Waals surface area contributed by atoms with Crippen LogP contribution in [-0.2, 0) is 0 Å². The summed E-state index contributed by atoms with van der Waals surface area (Å²) in [4.78, 5) is 12.8. The zero-order valence-corrected chi connectivity index (χ0v) is 13.8. The number of carbonyl (C=O) groups excluding carboxylic acids is 1. The first-order valence-electron chi connectivity index (χ1n) is 8.51. The summed E-state index contributed by atoms with van der Waals surface area (Å²) in [5, 5.41) is 13.1. The second-order valence-corrected chi connectivity index (χ2v) is 6.30. The number of anilines is 1. The Labute approximate surface area is 146 Å². The predicted octanol–water partition coefficient (Wildman–Crippen LogP) is 3.41. The first kappa shape index (κ1) is 15.6. The number of hydrogen-bond donors (Lipinski definition) is 3. The molecule has 1 aliphatic rings. The number of H-pyrrole nitrogens is 1. The minimum atomic E-state index is -0.0569. The highest BCUT2D eigenvalue weighted by Gasteiger charge is 2.22. The van der Waals surface area contributed by atoms with Gasteiger partial charge in [0.15, 0.2) is 0 Å². The van der Waals surface area contributed by atoms with Gasteiger partial charge in [-0.3, -0.25) is 9.89 Å². The van der Waals surface area contributed by atoms with E-state index in [1.54, 1.807) is 6.20 Å². The van der Waals surface area contributed by atoms with Crippen LogP contribution in [0, 0.1) is 0 Å². The normalized spacial score (nSPS) is 16.7. The summed E-state index contributed by atoms with van der Waals surface area (Å²) in [5.74, 6) is 0.351. The molecule has 0 bridgehead atoms. The van der Waals surface area contributed by atoms with Gasteiger partial charge in [0.05, 0.1) is 6.20 Å². The second kappa shape index (κ2) is 6.91. The molecule has 1 fully saturated rings. The van der Waals surface area contributed by atoms with Gasteiger partial charge in [-0.1, -0.05) is 30.3 Å². The highest BCUT2D eigenvalue weighted by Crippen LogP contribution is 2.26. The van der Waals surface area contributed by atoms with Gasteiger partial charge >= 0.3 is 0 Å². The molecule has 5 nitrogen and oxygen atoms in total. The lowest BCUT2D eigenvalue weighted by Crippen LogP contribution is -2.17. The average molecular weight is 332 g/mol. The number of hydrogen-bond acceptors (Lipinski definition) is 3. The average Bonchev–Trinajstić information content (AvgIpc) is 3.36. The number of rotatable bonds is 4. The number of benzene rings is 2. The van der Waals surface area contributed by atoms with Crippen LogP contribution in [0.3, 0.4) is 0 Å². The van der Waals surface area contributed by atoms with Crippen molar-refractivity contribution in [3.63, 3.8) is 0 Å². The molecule has 0 radical (unpaired) electrons. The quantitative estimate of drug-likeness (QED) is 0.686. The van der Waals surface area contributed by atoms with E-state index in [1.807, 2.05) is 48.7 Å². The maximum absolute atomic E-state index is 12.8. The van der Waals surface area contributed by atoms with Crippen LogP contribution in [0.4, 0.5) is 5.69 Å². The summed E-state index contributed by atoms with van der Waals surface area (Å²) in [6, 6.07) is 15.7. The fraction of sp³-hybridized carbons (Fsp3) is 0.200. The van der Waals surface area contributed by atoms with Gasteiger partial charge in [-0.2, -0.15) is 5.10 Å². The Morgan fingerprint density at radius 2 is 1.92 bits per heavy atom. The number of nitrogens with one attached hydrogen (secondary N) is 3. The number of nitrogens with zero attached hydrogens (tertiary/aromatic N) is 1. The molecule has 1 amide bonds. The SMILES string of the molecule is O=C(Nc1ccc(-c2cn[nH]c2)cc1)c1ccccc1[C@H]1CCNC1. The Balaban J connectivity index is 1.52. The van der Waals surface area contributed by atoms with Crippen molar-refractivity contribution in [3.05, 3.63) is 72.1 Å². The molecule has 126 valence electrons. The summed E-state index contributed by atoms with van der Waals surface area (Å²) < 4.78 is 0. The van der Waals surface area contributed by atoms with E-state index in [4.69, 9.17) is 0 Å². The summed E-state index contributed by atoms with van der Waals surface area (Å²) in [7, 11) is 0. The second-order valence-electron chi connectivity index (χ2n) is 6.30. The first-order chi connectivity index (χ1) is 12.3. The van der Waals surface area contributed by atoms with Crippen molar-refractivity contribution in [1.82, 2.24) is 15.5 Å². The van der Waals surface area contributed by atoms with Crippen molar-refractivity contribution in [2.75, 3.05) is 18.4 Å². The number of amides is 1. The van der Waals surface area contributed by atoms with E-state index < -0.39 is 0 Å². The number of aromatic amines is 1. The Bertz CT molecular complexity index is 850. The molecule has 1 saturated heterocycles. The van der Waals surface area contributed by atoms with E-state index in [2.05, 4.69) is 26.9 Å². The highest BCUT2D eigenvalue weighted by atomic mass is 16.1. The zero-order chi connectivity index (χ0) is 17.1. The molecule has 1 aromatic heterocycles. The van der Waals surface area contributed by atoms with Gasteiger partial charge in [0, 0.05) is 29.6 Å². The molecule has 0 unspecified atom stereocenters. The van der Waals surface area contributed by atoms with Crippen molar-refractivity contribution in [3.8, 4) is 11.1 Å². The molecule has 5 heteroatoms. The molecule has 1 atom stereocenters. The fourth-order valence-corrected chi connectivity index (χ4v) is 3.33.